The number of H-pyrrole nitrogens is 1. The third-order valence-electron chi connectivity index (χ3n) is 7.20. The third-order valence-corrected chi connectivity index (χ3v) is 7.20. The Labute approximate surface area is 255 Å². The molecular weight excluding hydrogens is 572 g/mol. The van der Waals surface area contributed by atoms with Crippen LogP contribution in [0.2, 0.25) is 0 Å². The molecule has 0 saturated carbocycles. The molecule has 2 heterocycles. The number of aliphatic hydroxyl groups is 1. The summed E-state index contributed by atoms with van der Waals surface area (Å²) in [4.78, 5) is 48.9. The maximum absolute atomic E-state index is 12.8. The smallest absolute Gasteiger partial charge is 0.323 e. The summed E-state index contributed by atoms with van der Waals surface area (Å²) in [6, 6.07) is 12.7. The summed E-state index contributed by atoms with van der Waals surface area (Å²) in [7, 11) is 1.36. The van der Waals surface area contributed by atoms with E-state index in [4.69, 9.17) is 30.4 Å². The van der Waals surface area contributed by atoms with Gasteiger partial charge in [0.1, 0.15) is 36.5 Å². The number of rotatable bonds is 11. The molecule has 0 aliphatic carbocycles. The van der Waals surface area contributed by atoms with E-state index in [1.807, 2.05) is 12.1 Å². The van der Waals surface area contributed by atoms with Crippen LogP contribution in [0.25, 0.3) is 0 Å². The highest BCUT2D eigenvalue weighted by Gasteiger charge is 2.59. The van der Waals surface area contributed by atoms with E-state index in [1.165, 1.54) is 33.1 Å². The van der Waals surface area contributed by atoms with Gasteiger partial charge in [-0.05, 0) is 37.5 Å². The number of nitriles is 1. The Kier molecular flexibility index (Phi) is 11.1. The topological polar surface area (TPSA) is 225 Å². The number of benzene rings is 1. The van der Waals surface area contributed by atoms with Crippen LogP contribution in [-0.4, -0.2) is 83.8 Å². The highest BCUT2D eigenvalue weighted by molar-refractivity contribution is 6.08. The molecule has 1 amide bonds. The van der Waals surface area contributed by atoms with Crippen LogP contribution in [0, 0.1) is 17.2 Å². The first-order valence-corrected chi connectivity index (χ1v) is 13.8. The van der Waals surface area contributed by atoms with Crippen molar-refractivity contribution in [3.05, 3.63) is 59.4 Å². The molecule has 0 radical (unpaired) electrons. The Bertz CT molecular complexity index is 1430. The average Bonchev–Trinajstić information content (AvgIpc) is 3.59. The number of methoxy groups -OCH3 is 1. The number of esters is 2. The molecular formula is C30H38N6O8. The summed E-state index contributed by atoms with van der Waals surface area (Å²) in [6.07, 6.45) is -3.56. The molecule has 1 fully saturated rings. The first-order valence-electron chi connectivity index (χ1n) is 13.8. The molecule has 0 bridgehead atoms. The van der Waals surface area contributed by atoms with Gasteiger partial charge >= 0.3 is 11.9 Å². The van der Waals surface area contributed by atoms with Crippen molar-refractivity contribution in [2.45, 2.75) is 69.7 Å². The number of nitrogens with two attached hydrogens (primary N) is 2. The second-order valence-electron chi connectivity index (χ2n) is 11.0. The number of amidine groups is 1. The molecule has 14 heteroatoms. The number of aliphatic hydroxyl groups excluding tert-OH is 1. The molecule has 1 aromatic carbocycles. The zero-order valence-electron chi connectivity index (χ0n) is 25.2. The number of hydrogen-bond donors (Lipinski definition) is 4. The van der Waals surface area contributed by atoms with Crippen molar-refractivity contribution in [1.82, 2.24) is 4.98 Å². The van der Waals surface area contributed by atoms with Gasteiger partial charge in [0.05, 0.1) is 24.1 Å². The lowest BCUT2D eigenvalue weighted by molar-refractivity contribution is -0.162. The molecule has 6 N–H and O–H groups in total. The zero-order valence-corrected chi connectivity index (χ0v) is 25.2. The highest BCUT2D eigenvalue weighted by atomic mass is 16.6. The number of aromatic nitrogens is 1. The molecule has 1 aliphatic rings. The van der Waals surface area contributed by atoms with Gasteiger partial charge in [-0.25, -0.2) is 4.99 Å². The third kappa shape index (κ3) is 7.56. The van der Waals surface area contributed by atoms with E-state index in [9.17, 15) is 24.8 Å². The van der Waals surface area contributed by atoms with Crippen molar-refractivity contribution in [3.63, 3.8) is 0 Å². The lowest BCUT2D eigenvalue weighted by Crippen LogP contribution is -2.46. The number of nitrogens with one attached hydrogen (secondary N) is 1. The van der Waals surface area contributed by atoms with Crippen molar-refractivity contribution < 1.29 is 38.4 Å². The molecule has 14 nitrogen and oxygen atoms in total. The minimum atomic E-state index is -2.13. The van der Waals surface area contributed by atoms with Crippen LogP contribution in [-0.2, 0) is 45.4 Å². The van der Waals surface area contributed by atoms with Crippen molar-refractivity contribution in [2.24, 2.45) is 27.4 Å². The Morgan fingerprint density at radius 3 is 2.50 bits per heavy atom. The summed E-state index contributed by atoms with van der Waals surface area (Å²) in [6.45, 7) is 6.04. The number of amides is 1. The predicted octanol–water partition coefficient (Wildman–Crippen LogP) is 0.859. The number of nitrogens with zero attached hydrogens (tertiary/aromatic N) is 3. The highest BCUT2D eigenvalue weighted by Crippen LogP contribution is 2.41. The van der Waals surface area contributed by atoms with E-state index in [2.05, 4.69) is 15.0 Å². The maximum atomic E-state index is 12.8. The molecule has 44 heavy (non-hydrogen) atoms. The van der Waals surface area contributed by atoms with Crippen LogP contribution in [0.5, 0.6) is 0 Å². The second kappa shape index (κ2) is 14.4. The van der Waals surface area contributed by atoms with Crippen molar-refractivity contribution in [2.75, 3.05) is 13.7 Å². The molecule has 3 rings (SSSR count). The van der Waals surface area contributed by atoms with Gasteiger partial charge in [-0.3, -0.25) is 14.4 Å². The SMILES string of the molecule is COC(C)(C)C(=O)N=C(N=CN)c1ccc([C@]2(C#N)O[C@H](COC(=O)Cc3ccccc3)[C@@H](OC(=O)C(N)C(C)C)[C@H]2O)[nH]1. The van der Waals surface area contributed by atoms with E-state index < -0.39 is 60.0 Å². The fourth-order valence-corrected chi connectivity index (χ4v) is 4.22. The quantitative estimate of drug-likeness (QED) is 0.158. The van der Waals surface area contributed by atoms with Gasteiger partial charge in [0.2, 0.25) is 5.60 Å². The second-order valence-corrected chi connectivity index (χ2v) is 11.0. The Balaban J connectivity index is 1.94. The molecule has 0 spiro atoms. The summed E-state index contributed by atoms with van der Waals surface area (Å²) in [5.74, 6) is -2.51. The number of carbonyl (C=O) groups excluding carboxylic acids is 3. The summed E-state index contributed by atoms with van der Waals surface area (Å²) in [5.41, 5.74) is 8.94. The molecule has 2 aromatic rings. The number of hydrogen-bond acceptors (Lipinski definition) is 10. The fourth-order valence-electron chi connectivity index (χ4n) is 4.22. The van der Waals surface area contributed by atoms with Gasteiger partial charge in [0.25, 0.3) is 5.91 Å². The Hall–Kier alpha value is -4.42. The molecule has 1 aromatic heterocycles. The maximum Gasteiger partial charge on any atom is 0.323 e. The number of ether oxygens (including phenoxy) is 4. The van der Waals surface area contributed by atoms with Gasteiger partial charge in [-0.2, -0.15) is 10.3 Å². The summed E-state index contributed by atoms with van der Waals surface area (Å²) in [5, 5.41) is 21.8. The lowest BCUT2D eigenvalue weighted by Gasteiger charge is -2.25. The van der Waals surface area contributed by atoms with Crippen molar-refractivity contribution in [3.8, 4) is 6.07 Å². The number of aromatic amines is 1. The molecule has 1 aliphatic heterocycles. The van der Waals surface area contributed by atoms with Crippen LogP contribution in [0.15, 0.2) is 52.4 Å². The van der Waals surface area contributed by atoms with Gasteiger partial charge in [0.15, 0.2) is 11.9 Å². The average molecular weight is 611 g/mol. The van der Waals surface area contributed by atoms with Crippen LogP contribution in [0.4, 0.5) is 0 Å². The minimum absolute atomic E-state index is 0.0215. The minimum Gasteiger partial charge on any atom is -0.463 e. The Morgan fingerprint density at radius 1 is 1.23 bits per heavy atom. The van der Waals surface area contributed by atoms with Gasteiger partial charge in [-0.1, -0.05) is 44.2 Å². The summed E-state index contributed by atoms with van der Waals surface area (Å²) < 4.78 is 22.2. The number of carbonyl (C=O) groups is 3. The van der Waals surface area contributed by atoms with E-state index in [0.29, 0.717) is 5.56 Å². The van der Waals surface area contributed by atoms with Crippen LogP contribution < -0.4 is 11.5 Å². The predicted molar refractivity (Wildman–Crippen MR) is 158 cm³/mol. The molecule has 5 atom stereocenters. The van der Waals surface area contributed by atoms with E-state index in [0.717, 1.165) is 6.34 Å². The molecule has 1 saturated heterocycles. The lowest BCUT2D eigenvalue weighted by atomic mass is 9.92. The Morgan fingerprint density at radius 2 is 1.91 bits per heavy atom. The van der Waals surface area contributed by atoms with Crippen LogP contribution >= 0.6 is 0 Å². The molecule has 1 unspecified atom stereocenters. The fraction of sp³-hybridized carbons (Fsp3) is 0.467. The van der Waals surface area contributed by atoms with Gasteiger partial charge in [-0.15, -0.1) is 0 Å². The van der Waals surface area contributed by atoms with E-state index >= 15 is 0 Å². The monoisotopic (exact) mass is 610 g/mol. The van der Waals surface area contributed by atoms with Crippen molar-refractivity contribution >= 4 is 30.0 Å². The van der Waals surface area contributed by atoms with E-state index in [-0.39, 0.29) is 29.6 Å². The first-order chi connectivity index (χ1) is 20.8. The zero-order chi connectivity index (χ0) is 32.7. The van der Waals surface area contributed by atoms with Gasteiger partial charge in [0, 0.05) is 7.11 Å². The normalized spacial score (nSPS) is 23.0. The first kappa shape index (κ1) is 34.1. The summed E-state index contributed by atoms with van der Waals surface area (Å²) >= 11 is 0. The van der Waals surface area contributed by atoms with Crippen molar-refractivity contribution in [1.29, 1.82) is 5.26 Å². The largest absolute Gasteiger partial charge is 0.463 e. The number of aliphatic imine (C=N–C) groups is 2. The van der Waals surface area contributed by atoms with Crippen LogP contribution in [0.3, 0.4) is 0 Å². The standard InChI is InChI=1S/C30H38N6O8/c1-17(2)23(33)27(39)43-24-20(14-42-22(37)13-18-9-7-6-8-10-18)44-30(15-31,25(24)38)21-12-11-19(35-21)26(34-16-32)36-28(40)29(3,4)41-5/h6-12,16-17,20,23-25,35,38H,13-14,33H2,1-5H3,(H2,32,34,36,40)/t20-,23?,24-,25-,30+/m1/s1. The molecule has 236 valence electrons. The van der Waals surface area contributed by atoms with E-state index in [1.54, 1.807) is 38.1 Å². The van der Waals surface area contributed by atoms with Crippen LogP contribution in [0.1, 0.15) is 44.6 Å². The van der Waals surface area contributed by atoms with Gasteiger partial charge < -0.3 is 40.5 Å².